The van der Waals surface area contributed by atoms with E-state index in [-0.39, 0.29) is 6.04 Å². The maximum Gasteiger partial charge on any atom is 0.121 e. The summed E-state index contributed by atoms with van der Waals surface area (Å²) in [6, 6.07) is 22.5. The van der Waals surface area contributed by atoms with E-state index in [1.54, 1.807) is 0 Å². The smallest absolute Gasteiger partial charge is 0.121 e. The Bertz CT molecular complexity index is 826. The van der Waals surface area contributed by atoms with Gasteiger partial charge in [-0.25, -0.2) is 0 Å². The van der Waals surface area contributed by atoms with Crippen LogP contribution in [0.1, 0.15) is 17.2 Å². The van der Waals surface area contributed by atoms with Crippen molar-refractivity contribution >= 4 is 10.8 Å². The van der Waals surface area contributed by atoms with E-state index in [0.717, 1.165) is 42.6 Å². The molecule has 1 aliphatic rings. The summed E-state index contributed by atoms with van der Waals surface area (Å²) in [5, 5.41) is 13.0. The Morgan fingerprint density at radius 3 is 2.33 bits per heavy atom. The molecule has 4 rings (SSSR count). The molecular formula is C21H21NO2. The number of fused-ring (bicyclic) bond motifs is 1. The fraction of sp³-hybridized carbons (Fsp3) is 0.238. The van der Waals surface area contributed by atoms with Gasteiger partial charge in [0.15, 0.2) is 0 Å². The Labute approximate surface area is 142 Å². The first-order valence-electron chi connectivity index (χ1n) is 8.42. The lowest BCUT2D eigenvalue weighted by molar-refractivity contribution is 0.0238. The summed E-state index contributed by atoms with van der Waals surface area (Å²) in [5.74, 6) is 0.356. The maximum atomic E-state index is 10.7. The van der Waals surface area contributed by atoms with Crippen LogP contribution in [-0.4, -0.2) is 36.3 Å². The van der Waals surface area contributed by atoms with Crippen molar-refractivity contribution in [2.24, 2.45) is 0 Å². The molecule has 24 heavy (non-hydrogen) atoms. The number of rotatable bonds is 3. The summed E-state index contributed by atoms with van der Waals surface area (Å²) in [5.41, 5.74) is 2.19. The van der Waals surface area contributed by atoms with Gasteiger partial charge in [0.1, 0.15) is 5.75 Å². The minimum atomic E-state index is 0.0289. The number of phenolic OH excluding ortho intramolecular Hbond substituents is 1. The summed E-state index contributed by atoms with van der Waals surface area (Å²) in [6.07, 6.45) is 0. The van der Waals surface area contributed by atoms with Gasteiger partial charge >= 0.3 is 0 Å². The van der Waals surface area contributed by atoms with Crippen LogP contribution in [-0.2, 0) is 4.74 Å². The van der Waals surface area contributed by atoms with Crippen LogP contribution in [0.5, 0.6) is 5.75 Å². The van der Waals surface area contributed by atoms with Gasteiger partial charge in [-0.15, -0.1) is 0 Å². The molecule has 0 aliphatic carbocycles. The topological polar surface area (TPSA) is 32.7 Å². The van der Waals surface area contributed by atoms with Crippen LogP contribution >= 0.6 is 0 Å². The Kier molecular flexibility index (Phi) is 4.20. The van der Waals surface area contributed by atoms with Crippen molar-refractivity contribution in [1.82, 2.24) is 4.90 Å². The van der Waals surface area contributed by atoms with Gasteiger partial charge in [0, 0.05) is 18.7 Å². The highest BCUT2D eigenvalue weighted by Crippen LogP contribution is 2.39. The van der Waals surface area contributed by atoms with Crippen molar-refractivity contribution in [3.8, 4) is 5.75 Å². The van der Waals surface area contributed by atoms with E-state index < -0.39 is 0 Å². The lowest BCUT2D eigenvalue weighted by Gasteiger charge is -2.36. The molecule has 3 heteroatoms. The number of morpholine rings is 1. The average Bonchev–Trinajstić information content (AvgIpc) is 2.66. The average molecular weight is 319 g/mol. The molecule has 122 valence electrons. The first-order valence-corrected chi connectivity index (χ1v) is 8.42. The van der Waals surface area contributed by atoms with Crippen molar-refractivity contribution in [2.75, 3.05) is 26.3 Å². The predicted molar refractivity (Wildman–Crippen MR) is 96.3 cm³/mol. The lowest BCUT2D eigenvalue weighted by Crippen LogP contribution is -2.39. The summed E-state index contributed by atoms with van der Waals surface area (Å²) in [7, 11) is 0. The third-order valence-electron chi connectivity index (χ3n) is 4.75. The van der Waals surface area contributed by atoms with Gasteiger partial charge < -0.3 is 9.84 Å². The quantitative estimate of drug-likeness (QED) is 0.793. The number of phenols is 1. The summed E-state index contributed by atoms with van der Waals surface area (Å²) in [4.78, 5) is 2.40. The molecular weight excluding hydrogens is 298 g/mol. The number of aromatic hydroxyl groups is 1. The molecule has 0 spiro atoms. The predicted octanol–water partition coefficient (Wildman–Crippen LogP) is 3.97. The van der Waals surface area contributed by atoms with Crippen LogP contribution in [0.15, 0.2) is 66.7 Å². The third kappa shape index (κ3) is 2.77. The van der Waals surface area contributed by atoms with Gasteiger partial charge in [-0.05, 0) is 22.4 Å². The number of hydrogen-bond acceptors (Lipinski definition) is 3. The molecule has 0 radical (unpaired) electrons. The van der Waals surface area contributed by atoms with Crippen LogP contribution in [0.4, 0.5) is 0 Å². The first-order chi connectivity index (χ1) is 11.8. The molecule has 0 saturated carbocycles. The zero-order valence-electron chi connectivity index (χ0n) is 13.6. The highest BCUT2D eigenvalue weighted by atomic mass is 16.5. The fourth-order valence-corrected chi connectivity index (χ4v) is 3.60. The van der Waals surface area contributed by atoms with Gasteiger partial charge in [0.05, 0.1) is 19.3 Å². The van der Waals surface area contributed by atoms with E-state index in [0.29, 0.717) is 5.75 Å². The lowest BCUT2D eigenvalue weighted by atomic mass is 9.91. The SMILES string of the molecule is Oc1ccc2ccccc2c1[C@H](c1ccccc1)N1CCOCC1. The van der Waals surface area contributed by atoms with Crippen LogP contribution in [0.3, 0.4) is 0 Å². The number of nitrogens with zero attached hydrogens (tertiary/aromatic N) is 1. The van der Waals surface area contributed by atoms with E-state index >= 15 is 0 Å². The zero-order valence-corrected chi connectivity index (χ0v) is 13.6. The molecule has 3 aromatic carbocycles. The van der Waals surface area contributed by atoms with E-state index in [9.17, 15) is 5.11 Å². The Morgan fingerprint density at radius 2 is 1.54 bits per heavy atom. The van der Waals surface area contributed by atoms with Crippen molar-refractivity contribution in [1.29, 1.82) is 0 Å². The van der Waals surface area contributed by atoms with Crippen LogP contribution in [0.25, 0.3) is 10.8 Å². The molecule has 3 aromatic rings. The zero-order chi connectivity index (χ0) is 16.4. The molecule has 1 atom stereocenters. The Hall–Kier alpha value is -2.36. The van der Waals surface area contributed by atoms with Gasteiger partial charge in [-0.2, -0.15) is 0 Å². The Morgan fingerprint density at radius 1 is 0.833 bits per heavy atom. The van der Waals surface area contributed by atoms with E-state index in [4.69, 9.17) is 4.74 Å². The second kappa shape index (κ2) is 6.63. The van der Waals surface area contributed by atoms with Crippen molar-refractivity contribution in [3.05, 3.63) is 77.9 Å². The summed E-state index contributed by atoms with van der Waals surface area (Å²) < 4.78 is 5.54. The number of hydrogen-bond donors (Lipinski definition) is 1. The van der Waals surface area contributed by atoms with Gasteiger partial charge in [0.2, 0.25) is 0 Å². The largest absolute Gasteiger partial charge is 0.508 e. The van der Waals surface area contributed by atoms with E-state index in [1.165, 1.54) is 5.56 Å². The second-order valence-electron chi connectivity index (χ2n) is 6.18. The van der Waals surface area contributed by atoms with Crippen LogP contribution in [0.2, 0.25) is 0 Å². The fourth-order valence-electron chi connectivity index (χ4n) is 3.60. The molecule has 3 nitrogen and oxygen atoms in total. The van der Waals surface area contributed by atoms with Gasteiger partial charge in [0.25, 0.3) is 0 Å². The van der Waals surface area contributed by atoms with Crippen molar-refractivity contribution < 1.29 is 9.84 Å². The second-order valence-corrected chi connectivity index (χ2v) is 6.18. The summed E-state index contributed by atoms with van der Waals surface area (Å²) in [6.45, 7) is 3.19. The molecule has 0 amide bonds. The molecule has 0 unspecified atom stereocenters. The standard InChI is InChI=1S/C21H21NO2/c23-19-11-10-16-6-4-5-9-18(16)20(19)21(17-7-2-1-3-8-17)22-12-14-24-15-13-22/h1-11,21,23H,12-15H2/t21-/m0/s1. The third-order valence-corrected chi connectivity index (χ3v) is 4.75. The van der Waals surface area contributed by atoms with Crippen LogP contribution < -0.4 is 0 Å². The highest BCUT2D eigenvalue weighted by molar-refractivity contribution is 5.88. The van der Waals surface area contributed by atoms with Gasteiger partial charge in [-0.1, -0.05) is 60.7 Å². The molecule has 0 aromatic heterocycles. The Balaban J connectivity index is 1.92. The van der Waals surface area contributed by atoms with Crippen LogP contribution in [0, 0.1) is 0 Å². The number of ether oxygens (including phenoxy) is 1. The monoisotopic (exact) mass is 319 g/mol. The molecule has 1 heterocycles. The molecule has 1 saturated heterocycles. The highest BCUT2D eigenvalue weighted by Gasteiger charge is 2.27. The number of benzene rings is 3. The molecule has 1 N–H and O–H groups in total. The minimum Gasteiger partial charge on any atom is -0.508 e. The minimum absolute atomic E-state index is 0.0289. The van der Waals surface area contributed by atoms with E-state index in [2.05, 4.69) is 41.3 Å². The maximum absolute atomic E-state index is 10.7. The van der Waals surface area contributed by atoms with Crippen molar-refractivity contribution in [3.63, 3.8) is 0 Å². The molecule has 1 aliphatic heterocycles. The first kappa shape index (κ1) is 15.2. The van der Waals surface area contributed by atoms with Gasteiger partial charge in [-0.3, -0.25) is 4.90 Å². The molecule has 1 fully saturated rings. The van der Waals surface area contributed by atoms with E-state index in [1.807, 2.05) is 30.3 Å². The normalized spacial score (nSPS) is 17.0. The van der Waals surface area contributed by atoms with Crippen molar-refractivity contribution in [2.45, 2.75) is 6.04 Å². The summed E-state index contributed by atoms with van der Waals surface area (Å²) >= 11 is 0. The molecule has 0 bridgehead atoms.